The van der Waals surface area contributed by atoms with Crippen LogP contribution in [-0.2, 0) is 15.6 Å². The van der Waals surface area contributed by atoms with Gasteiger partial charge in [0.1, 0.15) is 5.75 Å². The fourth-order valence-corrected chi connectivity index (χ4v) is 6.07. The van der Waals surface area contributed by atoms with Gasteiger partial charge < -0.3 is 15.0 Å². The van der Waals surface area contributed by atoms with Crippen LogP contribution < -0.4 is 14.4 Å². The van der Waals surface area contributed by atoms with E-state index in [-0.39, 0.29) is 11.6 Å². The van der Waals surface area contributed by atoms with Gasteiger partial charge in [0.25, 0.3) is 5.91 Å². The highest BCUT2D eigenvalue weighted by Gasteiger charge is 2.47. The van der Waals surface area contributed by atoms with Gasteiger partial charge in [-0.05, 0) is 88.2 Å². The number of amides is 1. The van der Waals surface area contributed by atoms with Crippen LogP contribution in [0.15, 0.2) is 42.5 Å². The summed E-state index contributed by atoms with van der Waals surface area (Å²) in [5.74, 6) is 0.444. The van der Waals surface area contributed by atoms with Crippen LogP contribution in [0.2, 0.25) is 0 Å². The Kier molecular flexibility index (Phi) is 6.77. The fraction of sp³-hybridized carbons (Fsp3) is 0.429. The molecule has 2 heterocycles. The van der Waals surface area contributed by atoms with Crippen LogP contribution in [0, 0.1) is 13.8 Å². The average Bonchev–Trinajstić information content (AvgIpc) is 3.62. The number of hydrogen-bond donors (Lipinski definition) is 1. The number of likely N-dealkylation sites (N-methyl/N-ethyl adjacent to an activating group) is 1. The van der Waals surface area contributed by atoms with Crippen molar-refractivity contribution in [1.82, 2.24) is 15.2 Å². The molecule has 1 aliphatic heterocycles. The maximum Gasteiger partial charge on any atom is 0.252 e. The van der Waals surface area contributed by atoms with E-state index in [1.165, 1.54) is 17.6 Å². The molecule has 1 aromatic heterocycles. The Bertz CT molecular complexity index is 1520. The SMILES string of the molecule is Cc1ccc2c(C3(NC(=O)c4cc(O[C@@H]([Si])[C@@H]5CCN5C)ccc4C)CC3)cc(N(C)S(C)(=O)=O)cc2n1. The molecule has 2 aliphatic rings. The third-order valence-corrected chi connectivity index (χ3v) is 9.53. The molecule has 5 rings (SSSR count). The Morgan fingerprint density at radius 2 is 1.95 bits per heavy atom. The van der Waals surface area contributed by atoms with Crippen molar-refractivity contribution in [2.45, 2.75) is 50.4 Å². The molecule has 3 aromatic rings. The van der Waals surface area contributed by atoms with Crippen molar-refractivity contribution in [1.29, 1.82) is 0 Å². The fourth-order valence-electron chi connectivity index (χ4n) is 5.03. The molecule has 0 bridgehead atoms. The maximum absolute atomic E-state index is 13.6. The number of carbonyl (C=O) groups is 1. The first-order valence-electron chi connectivity index (χ1n) is 12.7. The van der Waals surface area contributed by atoms with Crippen LogP contribution in [0.5, 0.6) is 5.75 Å². The van der Waals surface area contributed by atoms with Crippen molar-refractivity contribution in [2.24, 2.45) is 0 Å². The number of aryl methyl sites for hydroxylation is 2. The summed E-state index contributed by atoms with van der Waals surface area (Å²) in [6, 6.07) is 13.5. The first-order valence-corrected chi connectivity index (χ1v) is 15.2. The van der Waals surface area contributed by atoms with Gasteiger partial charge in [-0.2, -0.15) is 0 Å². The van der Waals surface area contributed by atoms with E-state index in [0.717, 1.165) is 48.0 Å². The lowest BCUT2D eigenvalue weighted by Crippen LogP contribution is -2.53. The standard InChI is InChI=1S/C28H33N4O4SSi/c1-17-6-8-20(36-27(38)25-10-13-31(25)3)16-22(17)26(33)30-28(11-12-28)23-14-19(32(4)37(5,34)35)15-24-21(23)9-7-18(2)29-24/h6-9,14-16,25,27H,10-13H2,1-5H3,(H,30,33)/t25-,27-/m0/s1. The molecule has 1 amide bonds. The van der Waals surface area contributed by atoms with Crippen molar-refractivity contribution in [3.63, 3.8) is 0 Å². The lowest BCUT2D eigenvalue weighted by atomic mass is 9.97. The highest BCUT2D eigenvalue weighted by Crippen LogP contribution is 2.49. The Morgan fingerprint density at radius 1 is 1.21 bits per heavy atom. The van der Waals surface area contributed by atoms with Crippen LogP contribution >= 0.6 is 0 Å². The Morgan fingerprint density at radius 3 is 2.55 bits per heavy atom. The third kappa shape index (κ3) is 5.04. The second-order valence-electron chi connectivity index (χ2n) is 10.6. The summed E-state index contributed by atoms with van der Waals surface area (Å²) in [4.78, 5) is 20.5. The molecule has 0 unspecified atom stereocenters. The zero-order valence-corrected chi connectivity index (χ0v) is 24.2. The maximum atomic E-state index is 13.6. The summed E-state index contributed by atoms with van der Waals surface area (Å²) in [7, 11) is 3.83. The van der Waals surface area contributed by atoms with Crippen molar-refractivity contribution >= 4 is 42.8 Å². The molecule has 10 heteroatoms. The largest absolute Gasteiger partial charge is 0.493 e. The van der Waals surface area contributed by atoms with Gasteiger partial charge in [0, 0.05) is 29.7 Å². The number of anilines is 1. The second-order valence-corrected chi connectivity index (χ2v) is 13.2. The van der Waals surface area contributed by atoms with Gasteiger partial charge in [-0.1, -0.05) is 12.1 Å². The Balaban J connectivity index is 1.46. The molecule has 2 fully saturated rings. The highest BCUT2D eigenvalue weighted by molar-refractivity contribution is 7.92. The smallest absolute Gasteiger partial charge is 0.252 e. The minimum absolute atomic E-state index is 0.168. The van der Waals surface area contributed by atoms with E-state index in [1.54, 1.807) is 12.1 Å². The molecule has 2 aromatic carbocycles. The van der Waals surface area contributed by atoms with E-state index in [4.69, 9.17) is 4.74 Å². The zero-order chi connectivity index (χ0) is 27.4. The normalized spacial score (nSPS) is 19.5. The molecule has 2 atom stereocenters. The molecule has 1 saturated heterocycles. The van der Waals surface area contributed by atoms with Crippen molar-refractivity contribution < 1.29 is 17.9 Å². The number of nitrogens with one attached hydrogen (secondary N) is 1. The van der Waals surface area contributed by atoms with E-state index in [2.05, 4.69) is 32.5 Å². The predicted octanol–water partition coefficient (Wildman–Crippen LogP) is 3.24. The number of sulfonamides is 1. The summed E-state index contributed by atoms with van der Waals surface area (Å²) in [5.41, 5.74) is 3.56. The molecule has 199 valence electrons. The molecule has 3 radical (unpaired) electrons. The van der Waals surface area contributed by atoms with Gasteiger partial charge in [-0.3, -0.25) is 14.1 Å². The second kappa shape index (κ2) is 9.66. The lowest BCUT2D eigenvalue weighted by molar-refractivity contribution is 0.0562. The number of carbonyl (C=O) groups excluding carboxylic acids is 1. The Hall–Kier alpha value is -2.95. The zero-order valence-electron chi connectivity index (χ0n) is 22.4. The molecule has 8 nitrogen and oxygen atoms in total. The van der Waals surface area contributed by atoms with Gasteiger partial charge in [0.05, 0.1) is 39.0 Å². The van der Waals surface area contributed by atoms with Crippen LogP contribution in [0.25, 0.3) is 10.9 Å². The molecule has 1 N–H and O–H groups in total. The molecule has 1 saturated carbocycles. The van der Waals surface area contributed by atoms with Crippen LogP contribution in [-0.4, -0.2) is 73.1 Å². The number of likely N-dealkylation sites (tertiary alicyclic amines) is 1. The third-order valence-electron chi connectivity index (χ3n) is 7.82. The predicted molar refractivity (Wildman–Crippen MR) is 150 cm³/mol. The number of nitrogens with zero attached hydrogens (tertiary/aromatic N) is 3. The summed E-state index contributed by atoms with van der Waals surface area (Å²) < 4.78 is 32.0. The number of pyridine rings is 1. The first-order chi connectivity index (χ1) is 17.9. The van der Waals surface area contributed by atoms with E-state index in [0.29, 0.717) is 28.6 Å². The topological polar surface area (TPSA) is 91.8 Å². The van der Waals surface area contributed by atoms with Crippen LogP contribution in [0.3, 0.4) is 0 Å². The lowest BCUT2D eigenvalue weighted by Gasteiger charge is -2.41. The van der Waals surface area contributed by atoms with Crippen molar-refractivity contribution in [2.75, 3.05) is 31.2 Å². The van der Waals surface area contributed by atoms with Crippen molar-refractivity contribution in [3.05, 3.63) is 64.8 Å². The Labute approximate surface area is 227 Å². The number of benzene rings is 2. The van der Waals surface area contributed by atoms with Crippen LogP contribution in [0.4, 0.5) is 5.69 Å². The van der Waals surface area contributed by atoms with Gasteiger partial charge in [0.2, 0.25) is 10.0 Å². The van der Waals surface area contributed by atoms with E-state index >= 15 is 0 Å². The summed E-state index contributed by atoms with van der Waals surface area (Å²) in [6.07, 6.45) is 3.73. The molecule has 38 heavy (non-hydrogen) atoms. The number of rotatable bonds is 8. The quantitative estimate of drug-likeness (QED) is 0.434. The minimum Gasteiger partial charge on any atom is -0.493 e. The van der Waals surface area contributed by atoms with E-state index in [9.17, 15) is 13.2 Å². The number of fused-ring (bicyclic) bond motifs is 1. The summed E-state index contributed by atoms with van der Waals surface area (Å²) in [5, 5.41) is 4.18. The van der Waals surface area contributed by atoms with Gasteiger partial charge in [-0.25, -0.2) is 8.42 Å². The number of aromatic nitrogens is 1. The average molecular weight is 550 g/mol. The highest BCUT2D eigenvalue weighted by atomic mass is 32.2. The van der Waals surface area contributed by atoms with Gasteiger partial charge >= 0.3 is 0 Å². The van der Waals surface area contributed by atoms with E-state index in [1.807, 2.05) is 44.2 Å². The molecule has 0 spiro atoms. The molecular formula is C28H33N4O4SSi. The minimum atomic E-state index is -3.47. The number of hydrogen-bond acceptors (Lipinski definition) is 6. The summed E-state index contributed by atoms with van der Waals surface area (Å²) in [6.45, 7) is 4.86. The monoisotopic (exact) mass is 549 g/mol. The van der Waals surface area contributed by atoms with Crippen LogP contribution in [0.1, 0.15) is 46.4 Å². The molecular weight excluding hydrogens is 516 g/mol. The number of ether oxygens (including phenoxy) is 1. The summed E-state index contributed by atoms with van der Waals surface area (Å²) >= 11 is 0. The first kappa shape index (κ1) is 26.6. The van der Waals surface area contributed by atoms with Crippen molar-refractivity contribution in [3.8, 4) is 5.75 Å². The van der Waals surface area contributed by atoms with E-state index < -0.39 is 15.6 Å². The van der Waals surface area contributed by atoms with Gasteiger partial charge in [0.15, 0.2) is 0 Å². The van der Waals surface area contributed by atoms with Gasteiger partial charge in [-0.15, -0.1) is 0 Å². The molecule has 1 aliphatic carbocycles.